The van der Waals surface area contributed by atoms with Gasteiger partial charge in [-0.05, 0) is 37.1 Å². The van der Waals surface area contributed by atoms with Gasteiger partial charge < -0.3 is 0 Å². The summed E-state index contributed by atoms with van der Waals surface area (Å²) >= 11 is 3.36. The number of anilines is 1. The molecule has 1 aromatic rings. The van der Waals surface area contributed by atoms with Gasteiger partial charge in [0.25, 0.3) is 0 Å². The number of rotatable bonds is 1. The summed E-state index contributed by atoms with van der Waals surface area (Å²) in [4.78, 5) is 26.0. The molecule has 0 aromatic heterocycles. The number of imide groups is 1. The molecule has 94 valence electrons. The molecule has 2 aliphatic rings. The fraction of sp³-hybridized carbons (Fsp3) is 0.429. The van der Waals surface area contributed by atoms with E-state index in [0.717, 1.165) is 30.2 Å². The van der Waals surface area contributed by atoms with Crippen molar-refractivity contribution in [3.05, 3.63) is 28.7 Å². The Morgan fingerprint density at radius 2 is 1.67 bits per heavy atom. The monoisotopic (exact) mass is 307 g/mol. The van der Waals surface area contributed by atoms with Crippen LogP contribution in [0.1, 0.15) is 32.1 Å². The number of halogens is 1. The van der Waals surface area contributed by atoms with Crippen molar-refractivity contribution in [2.45, 2.75) is 32.1 Å². The summed E-state index contributed by atoms with van der Waals surface area (Å²) < 4.78 is 0.945. The highest BCUT2D eigenvalue weighted by Gasteiger charge is 2.52. The van der Waals surface area contributed by atoms with Gasteiger partial charge in [-0.15, -0.1) is 0 Å². The lowest BCUT2D eigenvalue weighted by Crippen LogP contribution is -2.34. The Kier molecular flexibility index (Phi) is 2.77. The third-order valence-corrected chi connectivity index (χ3v) is 4.57. The first-order valence-electron chi connectivity index (χ1n) is 6.25. The van der Waals surface area contributed by atoms with E-state index in [1.807, 2.05) is 24.3 Å². The Labute approximate surface area is 114 Å². The Bertz CT molecular complexity index is 503. The smallest absolute Gasteiger partial charge is 0.240 e. The van der Waals surface area contributed by atoms with Crippen LogP contribution in [0, 0.1) is 5.41 Å². The van der Waals surface area contributed by atoms with Crippen molar-refractivity contribution in [3.8, 4) is 0 Å². The minimum absolute atomic E-state index is 0.00678. The Hall–Kier alpha value is -1.16. The molecular formula is C14H14BrNO2. The number of nitrogens with zero attached hydrogens (tertiary/aromatic N) is 1. The molecule has 1 heterocycles. The quantitative estimate of drug-likeness (QED) is 0.747. The van der Waals surface area contributed by atoms with Crippen molar-refractivity contribution < 1.29 is 9.59 Å². The van der Waals surface area contributed by atoms with Gasteiger partial charge in [0.15, 0.2) is 0 Å². The maximum atomic E-state index is 12.5. The molecule has 0 radical (unpaired) electrons. The highest BCUT2D eigenvalue weighted by Crippen LogP contribution is 2.47. The average Bonchev–Trinajstić information content (AvgIpc) is 2.89. The standard InChI is InChI=1S/C14H14BrNO2/c15-10-3-5-11(6-4-10)16-12(17)9-14(13(16)18)7-1-2-8-14/h3-6H,1-2,7-9H2. The van der Waals surface area contributed by atoms with Crippen LogP contribution >= 0.6 is 15.9 Å². The molecule has 3 rings (SSSR count). The number of carbonyl (C=O) groups excluding carboxylic acids is 2. The SMILES string of the molecule is O=C1CC2(CCCC2)C(=O)N1c1ccc(Br)cc1. The highest BCUT2D eigenvalue weighted by molar-refractivity contribution is 9.10. The van der Waals surface area contributed by atoms with E-state index in [1.165, 1.54) is 4.90 Å². The van der Waals surface area contributed by atoms with Crippen LogP contribution in [-0.4, -0.2) is 11.8 Å². The second-order valence-corrected chi connectivity index (χ2v) is 6.09. The van der Waals surface area contributed by atoms with E-state index in [1.54, 1.807) is 0 Å². The molecular weight excluding hydrogens is 294 g/mol. The lowest BCUT2D eigenvalue weighted by molar-refractivity contribution is -0.125. The average molecular weight is 308 g/mol. The zero-order chi connectivity index (χ0) is 12.8. The molecule has 2 amide bonds. The van der Waals surface area contributed by atoms with Crippen molar-refractivity contribution in [3.63, 3.8) is 0 Å². The first-order valence-corrected chi connectivity index (χ1v) is 7.05. The molecule has 0 unspecified atom stereocenters. The summed E-state index contributed by atoms with van der Waals surface area (Å²) in [6, 6.07) is 7.34. The minimum atomic E-state index is -0.385. The first-order chi connectivity index (χ1) is 8.62. The third kappa shape index (κ3) is 1.70. The van der Waals surface area contributed by atoms with Gasteiger partial charge in [-0.3, -0.25) is 14.5 Å². The Balaban J connectivity index is 1.95. The Morgan fingerprint density at radius 3 is 2.28 bits per heavy atom. The van der Waals surface area contributed by atoms with Crippen LogP contribution in [0.4, 0.5) is 5.69 Å². The molecule has 1 saturated heterocycles. The predicted molar refractivity (Wildman–Crippen MR) is 72.2 cm³/mol. The largest absolute Gasteiger partial charge is 0.274 e. The van der Waals surface area contributed by atoms with Crippen LogP contribution in [0.2, 0.25) is 0 Å². The molecule has 0 N–H and O–H groups in total. The third-order valence-electron chi connectivity index (χ3n) is 4.04. The van der Waals surface area contributed by atoms with Gasteiger partial charge in [-0.2, -0.15) is 0 Å². The van der Waals surface area contributed by atoms with Gasteiger partial charge in [0.05, 0.1) is 11.1 Å². The van der Waals surface area contributed by atoms with Crippen LogP contribution in [0.25, 0.3) is 0 Å². The lowest BCUT2D eigenvalue weighted by Gasteiger charge is -2.20. The van der Waals surface area contributed by atoms with Crippen LogP contribution in [0.5, 0.6) is 0 Å². The molecule has 1 aromatic carbocycles. The van der Waals surface area contributed by atoms with E-state index < -0.39 is 0 Å². The maximum absolute atomic E-state index is 12.5. The van der Waals surface area contributed by atoms with E-state index in [0.29, 0.717) is 12.1 Å². The molecule has 2 fully saturated rings. The number of amides is 2. The second kappa shape index (κ2) is 4.19. The van der Waals surface area contributed by atoms with Crippen molar-refractivity contribution in [2.75, 3.05) is 4.90 Å². The van der Waals surface area contributed by atoms with Crippen molar-refractivity contribution in [1.29, 1.82) is 0 Å². The number of carbonyl (C=O) groups is 2. The number of hydrogen-bond donors (Lipinski definition) is 0. The predicted octanol–water partition coefficient (Wildman–Crippen LogP) is 3.27. The fourth-order valence-electron chi connectivity index (χ4n) is 3.09. The van der Waals surface area contributed by atoms with E-state index in [9.17, 15) is 9.59 Å². The van der Waals surface area contributed by atoms with E-state index in [-0.39, 0.29) is 17.2 Å². The lowest BCUT2D eigenvalue weighted by atomic mass is 9.84. The molecule has 1 aliphatic heterocycles. The molecule has 1 aliphatic carbocycles. The highest BCUT2D eigenvalue weighted by atomic mass is 79.9. The summed E-state index contributed by atoms with van der Waals surface area (Å²) in [5.41, 5.74) is 0.307. The Morgan fingerprint density at radius 1 is 1.06 bits per heavy atom. The van der Waals surface area contributed by atoms with Gasteiger partial charge in [-0.25, -0.2) is 0 Å². The van der Waals surface area contributed by atoms with Gasteiger partial charge in [0.2, 0.25) is 11.8 Å². The summed E-state index contributed by atoms with van der Waals surface area (Å²) in [6.07, 6.45) is 4.25. The maximum Gasteiger partial charge on any atom is 0.240 e. The fourth-order valence-corrected chi connectivity index (χ4v) is 3.35. The van der Waals surface area contributed by atoms with Crippen molar-refractivity contribution >= 4 is 33.4 Å². The van der Waals surface area contributed by atoms with Crippen molar-refractivity contribution in [2.24, 2.45) is 5.41 Å². The molecule has 4 heteroatoms. The first kappa shape index (κ1) is 11.9. The molecule has 1 spiro atoms. The number of hydrogen-bond acceptors (Lipinski definition) is 2. The normalized spacial score (nSPS) is 22.2. The topological polar surface area (TPSA) is 37.4 Å². The molecule has 3 nitrogen and oxygen atoms in total. The zero-order valence-electron chi connectivity index (χ0n) is 9.99. The van der Waals surface area contributed by atoms with Crippen molar-refractivity contribution in [1.82, 2.24) is 0 Å². The molecule has 1 saturated carbocycles. The zero-order valence-corrected chi connectivity index (χ0v) is 11.6. The van der Waals surface area contributed by atoms with E-state index in [2.05, 4.69) is 15.9 Å². The summed E-state index contributed by atoms with van der Waals surface area (Å²) in [5, 5.41) is 0. The minimum Gasteiger partial charge on any atom is -0.274 e. The molecule has 0 bridgehead atoms. The summed E-state index contributed by atoms with van der Waals surface area (Å²) in [7, 11) is 0. The van der Waals surface area contributed by atoms with E-state index >= 15 is 0 Å². The van der Waals surface area contributed by atoms with Gasteiger partial charge >= 0.3 is 0 Å². The van der Waals surface area contributed by atoms with E-state index in [4.69, 9.17) is 0 Å². The van der Waals surface area contributed by atoms with Gasteiger partial charge in [-0.1, -0.05) is 28.8 Å². The molecule has 18 heavy (non-hydrogen) atoms. The van der Waals surface area contributed by atoms with Crippen LogP contribution in [0.15, 0.2) is 28.7 Å². The summed E-state index contributed by atoms with van der Waals surface area (Å²) in [6.45, 7) is 0. The van der Waals surface area contributed by atoms with Gasteiger partial charge in [0, 0.05) is 10.9 Å². The second-order valence-electron chi connectivity index (χ2n) is 5.17. The summed E-state index contributed by atoms with van der Waals surface area (Å²) in [5.74, 6) is -0.0449. The van der Waals surface area contributed by atoms with Gasteiger partial charge in [0.1, 0.15) is 0 Å². The van der Waals surface area contributed by atoms with Crippen LogP contribution in [0.3, 0.4) is 0 Å². The number of benzene rings is 1. The molecule has 0 atom stereocenters. The van der Waals surface area contributed by atoms with Crippen LogP contribution < -0.4 is 4.90 Å². The van der Waals surface area contributed by atoms with Crippen LogP contribution in [-0.2, 0) is 9.59 Å².